The zero-order chi connectivity index (χ0) is 17.3. The van der Waals surface area contributed by atoms with E-state index >= 15 is 0 Å². The van der Waals surface area contributed by atoms with Gasteiger partial charge in [-0.15, -0.1) is 0 Å². The summed E-state index contributed by atoms with van der Waals surface area (Å²) in [6.07, 6.45) is 0. The molecule has 1 atom stereocenters. The van der Waals surface area contributed by atoms with Crippen molar-refractivity contribution in [2.45, 2.75) is 19.4 Å². The average Bonchev–Trinajstić information content (AvgIpc) is 2.57. The third-order valence-corrected chi connectivity index (χ3v) is 3.91. The van der Waals surface area contributed by atoms with Crippen LogP contribution in [0.3, 0.4) is 0 Å². The number of anilines is 2. The Morgan fingerprint density at radius 1 is 1.21 bits per heavy atom. The maximum atomic E-state index is 12.6. The standard InChI is InChI=1S/C18H18N2O4/c1-11-4-9-15-14(10-11)20-17(22)18(2,24-15)16(21)19-12-5-7-13(23-3)8-6-12/h4-10H,1-3H3,(H,19,21)(H,20,22). The van der Waals surface area contributed by atoms with Crippen LogP contribution in [0.25, 0.3) is 0 Å². The van der Waals surface area contributed by atoms with Crippen LogP contribution in [0, 0.1) is 6.92 Å². The number of hydrogen-bond donors (Lipinski definition) is 2. The van der Waals surface area contributed by atoms with Crippen LogP contribution in [0.2, 0.25) is 0 Å². The van der Waals surface area contributed by atoms with E-state index in [0.29, 0.717) is 22.9 Å². The third kappa shape index (κ3) is 2.78. The molecule has 0 fully saturated rings. The van der Waals surface area contributed by atoms with Gasteiger partial charge in [0, 0.05) is 5.69 Å². The largest absolute Gasteiger partial charge is 0.497 e. The molecule has 2 N–H and O–H groups in total. The Morgan fingerprint density at radius 2 is 1.92 bits per heavy atom. The van der Waals surface area contributed by atoms with Crippen LogP contribution in [0.5, 0.6) is 11.5 Å². The number of aryl methyl sites for hydroxylation is 1. The minimum Gasteiger partial charge on any atom is -0.497 e. The van der Waals surface area contributed by atoms with Gasteiger partial charge in [-0.2, -0.15) is 0 Å². The molecule has 2 aromatic rings. The second kappa shape index (κ2) is 5.88. The van der Waals surface area contributed by atoms with Gasteiger partial charge in [0.2, 0.25) is 0 Å². The first-order chi connectivity index (χ1) is 11.4. The molecule has 0 saturated heterocycles. The molecule has 24 heavy (non-hydrogen) atoms. The predicted octanol–water partition coefficient (Wildman–Crippen LogP) is 2.73. The maximum Gasteiger partial charge on any atom is 0.278 e. The molecule has 6 nitrogen and oxygen atoms in total. The zero-order valence-electron chi connectivity index (χ0n) is 13.7. The predicted molar refractivity (Wildman–Crippen MR) is 90.5 cm³/mol. The Hall–Kier alpha value is -3.02. The van der Waals surface area contributed by atoms with Gasteiger partial charge in [-0.1, -0.05) is 6.07 Å². The molecule has 1 aliphatic rings. The molecule has 0 aliphatic carbocycles. The Labute approximate surface area is 139 Å². The van der Waals surface area contributed by atoms with Crippen molar-refractivity contribution in [2.75, 3.05) is 17.7 Å². The number of amides is 2. The second-order valence-corrected chi connectivity index (χ2v) is 5.77. The van der Waals surface area contributed by atoms with Gasteiger partial charge in [0.05, 0.1) is 12.8 Å². The SMILES string of the molecule is COc1ccc(NC(=O)C2(C)Oc3ccc(C)cc3NC2=O)cc1. The van der Waals surface area contributed by atoms with Gasteiger partial charge in [-0.3, -0.25) is 9.59 Å². The summed E-state index contributed by atoms with van der Waals surface area (Å²) >= 11 is 0. The number of carbonyl (C=O) groups is 2. The molecule has 6 heteroatoms. The van der Waals surface area contributed by atoms with Crippen molar-refractivity contribution in [2.24, 2.45) is 0 Å². The summed E-state index contributed by atoms with van der Waals surface area (Å²) in [5, 5.41) is 5.43. The fraction of sp³-hybridized carbons (Fsp3) is 0.222. The van der Waals surface area contributed by atoms with E-state index in [1.54, 1.807) is 43.5 Å². The van der Waals surface area contributed by atoms with Gasteiger partial charge in [0.1, 0.15) is 11.5 Å². The molecule has 2 aromatic carbocycles. The van der Waals surface area contributed by atoms with Crippen molar-refractivity contribution in [3.63, 3.8) is 0 Å². The molecule has 1 aliphatic heterocycles. The second-order valence-electron chi connectivity index (χ2n) is 5.77. The molecule has 0 bridgehead atoms. The van der Waals surface area contributed by atoms with Crippen molar-refractivity contribution in [1.82, 2.24) is 0 Å². The topological polar surface area (TPSA) is 76.7 Å². The highest BCUT2D eigenvalue weighted by Crippen LogP contribution is 2.34. The van der Waals surface area contributed by atoms with Crippen molar-refractivity contribution >= 4 is 23.2 Å². The number of ether oxygens (including phenoxy) is 2. The van der Waals surface area contributed by atoms with E-state index in [1.165, 1.54) is 6.92 Å². The zero-order valence-corrected chi connectivity index (χ0v) is 13.7. The van der Waals surface area contributed by atoms with Gasteiger partial charge >= 0.3 is 0 Å². The van der Waals surface area contributed by atoms with E-state index in [1.807, 2.05) is 13.0 Å². The number of rotatable bonds is 3. The number of carbonyl (C=O) groups excluding carboxylic acids is 2. The summed E-state index contributed by atoms with van der Waals surface area (Å²) in [5.41, 5.74) is 0.453. The first-order valence-electron chi connectivity index (χ1n) is 7.49. The normalized spacial score (nSPS) is 18.9. The lowest BCUT2D eigenvalue weighted by atomic mass is 10.0. The molecule has 0 radical (unpaired) electrons. The van der Waals surface area contributed by atoms with E-state index in [9.17, 15) is 9.59 Å². The van der Waals surface area contributed by atoms with Crippen LogP contribution in [-0.2, 0) is 9.59 Å². The molecule has 0 saturated carbocycles. The molecule has 1 unspecified atom stereocenters. The Balaban J connectivity index is 1.82. The van der Waals surface area contributed by atoms with Gasteiger partial charge < -0.3 is 20.1 Å². The summed E-state index contributed by atoms with van der Waals surface area (Å²) in [6.45, 7) is 3.36. The maximum absolute atomic E-state index is 12.6. The fourth-order valence-electron chi connectivity index (χ4n) is 2.41. The number of hydrogen-bond acceptors (Lipinski definition) is 4. The molecule has 124 valence electrons. The lowest BCUT2D eigenvalue weighted by Crippen LogP contribution is -2.56. The van der Waals surface area contributed by atoms with Gasteiger partial charge in [-0.25, -0.2) is 0 Å². The van der Waals surface area contributed by atoms with Crippen molar-refractivity contribution in [3.8, 4) is 11.5 Å². The number of benzene rings is 2. The fourth-order valence-corrected chi connectivity index (χ4v) is 2.41. The van der Waals surface area contributed by atoms with Crippen LogP contribution in [0.15, 0.2) is 42.5 Å². The minimum absolute atomic E-state index is 0.465. The smallest absolute Gasteiger partial charge is 0.278 e. The van der Waals surface area contributed by atoms with Crippen molar-refractivity contribution in [3.05, 3.63) is 48.0 Å². The Bertz CT molecular complexity index is 801. The Morgan fingerprint density at radius 3 is 2.58 bits per heavy atom. The molecule has 0 spiro atoms. The number of nitrogens with one attached hydrogen (secondary N) is 2. The van der Waals surface area contributed by atoms with E-state index in [0.717, 1.165) is 5.56 Å². The van der Waals surface area contributed by atoms with E-state index in [2.05, 4.69) is 10.6 Å². The average molecular weight is 326 g/mol. The summed E-state index contributed by atoms with van der Waals surface area (Å²) in [6, 6.07) is 12.2. The summed E-state index contributed by atoms with van der Waals surface area (Å²) in [5.74, 6) is 0.0887. The highest BCUT2D eigenvalue weighted by molar-refractivity contribution is 6.19. The van der Waals surface area contributed by atoms with Crippen molar-refractivity contribution in [1.29, 1.82) is 0 Å². The van der Waals surface area contributed by atoms with Crippen molar-refractivity contribution < 1.29 is 19.1 Å². The lowest BCUT2D eigenvalue weighted by molar-refractivity contribution is -0.143. The van der Waals surface area contributed by atoms with E-state index in [4.69, 9.17) is 9.47 Å². The molecule has 3 rings (SSSR count). The molecule has 2 amide bonds. The lowest BCUT2D eigenvalue weighted by Gasteiger charge is -2.33. The highest BCUT2D eigenvalue weighted by Gasteiger charge is 2.47. The van der Waals surface area contributed by atoms with Crippen LogP contribution in [0.4, 0.5) is 11.4 Å². The molecular formula is C18H18N2O4. The van der Waals surface area contributed by atoms with Gasteiger partial charge in [-0.05, 0) is 55.8 Å². The minimum atomic E-state index is -1.65. The van der Waals surface area contributed by atoms with Gasteiger partial charge in [0.15, 0.2) is 0 Å². The van der Waals surface area contributed by atoms with Crippen LogP contribution >= 0.6 is 0 Å². The Kier molecular flexibility index (Phi) is 3.89. The molecular weight excluding hydrogens is 308 g/mol. The number of methoxy groups -OCH3 is 1. The monoisotopic (exact) mass is 326 g/mol. The molecule has 1 heterocycles. The molecule has 0 aromatic heterocycles. The van der Waals surface area contributed by atoms with E-state index < -0.39 is 17.4 Å². The first kappa shape index (κ1) is 15.9. The van der Waals surface area contributed by atoms with Gasteiger partial charge in [0.25, 0.3) is 17.4 Å². The third-order valence-electron chi connectivity index (χ3n) is 3.91. The van der Waals surface area contributed by atoms with Crippen LogP contribution in [0.1, 0.15) is 12.5 Å². The summed E-state index contributed by atoms with van der Waals surface area (Å²) in [7, 11) is 1.56. The van der Waals surface area contributed by atoms with Crippen LogP contribution < -0.4 is 20.1 Å². The first-order valence-corrected chi connectivity index (χ1v) is 7.49. The highest BCUT2D eigenvalue weighted by atomic mass is 16.5. The summed E-state index contributed by atoms with van der Waals surface area (Å²) < 4.78 is 10.8. The number of fused-ring (bicyclic) bond motifs is 1. The summed E-state index contributed by atoms with van der Waals surface area (Å²) in [4.78, 5) is 25.0. The van der Waals surface area contributed by atoms with E-state index in [-0.39, 0.29) is 0 Å². The van der Waals surface area contributed by atoms with Crippen LogP contribution in [-0.4, -0.2) is 24.5 Å². The quantitative estimate of drug-likeness (QED) is 0.850.